The first-order valence-electron chi connectivity index (χ1n) is 7.65. The van der Waals surface area contributed by atoms with Crippen molar-refractivity contribution in [2.75, 3.05) is 19.7 Å². The Hall–Kier alpha value is -0.280. The fraction of sp³-hybridized carbons (Fsp3) is 0.929. The highest BCUT2D eigenvalue weighted by Gasteiger charge is 2.30. The molecule has 1 aliphatic heterocycles. The zero-order chi connectivity index (χ0) is 15.8. The van der Waals surface area contributed by atoms with Crippen LogP contribution in [-0.2, 0) is 9.15 Å². The van der Waals surface area contributed by atoms with Crippen molar-refractivity contribution in [2.24, 2.45) is 0 Å². The van der Waals surface area contributed by atoms with E-state index >= 15 is 0 Å². The van der Waals surface area contributed by atoms with Crippen LogP contribution in [0, 0.1) is 11.3 Å². The minimum absolute atomic E-state index is 0.220. The normalized spacial score (nSPS) is 19.4. The Labute approximate surface area is 129 Å². The topological polar surface area (TPSA) is 69.0 Å². The fourth-order valence-corrected chi connectivity index (χ4v) is 3.93. The van der Waals surface area contributed by atoms with Gasteiger partial charge in [0.25, 0.3) is 8.53 Å². The minimum atomic E-state index is -1.23. The number of piperidine rings is 1. The predicted molar refractivity (Wildman–Crippen MR) is 83.1 cm³/mol. The van der Waals surface area contributed by atoms with E-state index in [-0.39, 0.29) is 6.10 Å². The molecule has 7 heteroatoms. The number of aliphatic hydroxyl groups excluding tert-OH is 1. The molecule has 0 saturated carbocycles. The quantitative estimate of drug-likeness (QED) is 0.548. The van der Waals surface area contributed by atoms with Crippen LogP contribution < -0.4 is 0 Å². The van der Waals surface area contributed by atoms with Crippen molar-refractivity contribution < 1.29 is 14.3 Å². The van der Waals surface area contributed by atoms with Gasteiger partial charge < -0.3 is 9.63 Å². The summed E-state index contributed by atoms with van der Waals surface area (Å²) in [5.41, 5.74) is 0. The van der Waals surface area contributed by atoms with Crippen molar-refractivity contribution in [1.82, 2.24) is 9.73 Å². The van der Waals surface area contributed by atoms with Crippen LogP contribution in [0.3, 0.4) is 0 Å². The van der Waals surface area contributed by atoms with Gasteiger partial charge in [-0.15, -0.1) is 0 Å². The molecule has 1 aliphatic rings. The first-order chi connectivity index (χ1) is 9.95. The molecule has 6 nitrogen and oxygen atoms in total. The number of rotatable bonds is 8. The van der Waals surface area contributed by atoms with Crippen LogP contribution in [0.15, 0.2) is 0 Å². The molecular formula is C14H28N3O3P. The SMILES string of the molecule is CC(C)N(C(C)C)P(OCCC#N)ON1CCC(O)CC1. The van der Waals surface area contributed by atoms with Gasteiger partial charge in [0.2, 0.25) is 0 Å². The van der Waals surface area contributed by atoms with Crippen molar-refractivity contribution in [2.45, 2.75) is 65.1 Å². The Morgan fingerprint density at radius 2 is 1.86 bits per heavy atom. The van der Waals surface area contributed by atoms with Crippen LogP contribution in [0.5, 0.6) is 0 Å². The molecule has 1 fully saturated rings. The molecule has 21 heavy (non-hydrogen) atoms. The van der Waals surface area contributed by atoms with E-state index in [0.717, 1.165) is 12.8 Å². The number of aliphatic hydroxyl groups is 1. The van der Waals surface area contributed by atoms with Crippen LogP contribution in [0.4, 0.5) is 0 Å². The summed E-state index contributed by atoms with van der Waals surface area (Å²) in [6, 6.07) is 2.69. The zero-order valence-corrected chi connectivity index (χ0v) is 14.4. The molecule has 1 saturated heterocycles. The van der Waals surface area contributed by atoms with Gasteiger partial charge in [-0.2, -0.15) is 10.3 Å². The van der Waals surface area contributed by atoms with E-state index in [0.29, 0.717) is 38.2 Å². The minimum Gasteiger partial charge on any atom is -0.393 e. The Morgan fingerprint density at radius 1 is 1.29 bits per heavy atom. The molecule has 0 aromatic heterocycles. The Morgan fingerprint density at radius 3 is 2.33 bits per heavy atom. The summed E-state index contributed by atoms with van der Waals surface area (Å²) >= 11 is 0. The van der Waals surface area contributed by atoms with E-state index in [4.69, 9.17) is 14.4 Å². The number of nitrogens with zero attached hydrogens (tertiary/aromatic N) is 3. The maximum Gasteiger partial charge on any atom is 0.277 e. The average Bonchev–Trinajstić information content (AvgIpc) is 2.40. The highest BCUT2D eigenvalue weighted by molar-refractivity contribution is 7.44. The van der Waals surface area contributed by atoms with E-state index in [2.05, 4.69) is 38.4 Å². The molecule has 122 valence electrons. The van der Waals surface area contributed by atoms with Crippen molar-refractivity contribution >= 4 is 8.53 Å². The first kappa shape index (κ1) is 18.8. The third-order valence-electron chi connectivity index (χ3n) is 3.27. The number of hydrogen-bond acceptors (Lipinski definition) is 6. The van der Waals surface area contributed by atoms with Gasteiger partial charge in [0.05, 0.1) is 25.2 Å². The number of hydroxylamine groups is 2. The van der Waals surface area contributed by atoms with Gasteiger partial charge in [-0.3, -0.25) is 0 Å². The highest BCUT2D eigenvalue weighted by Crippen LogP contribution is 2.47. The van der Waals surface area contributed by atoms with Gasteiger partial charge >= 0.3 is 0 Å². The summed E-state index contributed by atoms with van der Waals surface area (Å²) in [5.74, 6) is 0. The van der Waals surface area contributed by atoms with Crippen LogP contribution in [0.2, 0.25) is 0 Å². The van der Waals surface area contributed by atoms with Crippen molar-refractivity contribution in [1.29, 1.82) is 5.26 Å². The van der Waals surface area contributed by atoms with Crippen LogP contribution >= 0.6 is 8.53 Å². The van der Waals surface area contributed by atoms with E-state index in [1.54, 1.807) is 0 Å². The summed E-state index contributed by atoms with van der Waals surface area (Å²) in [5, 5.41) is 20.1. The van der Waals surface area contributed by atoms with Crippen LogP contribution in [0.1, 0.15) is 47.0 Å². The average molecular weight is 317 g/mol. The highest BCUT2D eigenvalue weighted by atomic mass is 31.2. The molecule has 0 bridgehead atoms. The van der Waals surface area contributed by atoms with E-state index in [1.807, 2.05) is 5.06 Å². The molecule has 0 radical (unpaired) electrons. The monoisotopic (exact) mass is 317 g/mol. The van der Waals surface area contributed by atoms with Crippen LogP contribution in [-0.4, -0.2) is 52.7 Å². The molecule has 0 amide bonds. The lowest BCUT2D eigenvalue weighted by Gasteiger charge is -2.39. The van der Waals surface area contributed by atoms with Gasteiger partial charge in [0.1, 0.15) is 0 Å². The summed E-state index contributed by atoms with van der Waals surface area (Å²) in [4.78, 5) is 0. The molecule has 1 N–H and O–H groups in total. The maximum atomic E-state index is 9.57. The fourth-order valence-electron chi connectivity index (χ4n) is 2.30. The molecule has 0 spiro atoms. The molecule has 1 rings (SSSR count). The Kier molecular flexibility index (Phi) is 8.65. The molecule has 0 aliphatic carbocycles. The second-order valence-corrected chi connectivity index (χ2v) is 7.15. The Balaban J connectivity index is 2.64. The van der Waals surface area contributed by atoms with Crippen molar-refractivity contribution in [3.63, 3.8) is 0 Å². The number of nitriles is 1. The van der Waals surface area contributed by atoms with Crippen molar-refractivity contribution in [3.8, 4) is 6.07 Å². The third-order valence-corrected chi connectivity index (χ3v) is 5.35. The zero-order valence-electron chi connectivity index (χ0n) is 13.5. The lowest BCUT2D eigenvalue weighted by molar-refractivity contribution is -0.103. The molecule has 1 unspecified atom stereocenters. The van der Waals surface area contributed by atoms with Crippen molar-refractivity contribution in [3.05, 3.63) is 0 Å². The summed E-state index contributed by atoms with van der Waals surface area (Å²) in [7, 11) is -1.23. The lowest BCUT2D eigenvalue weighted by Crippen LogP contribution is -2.39. The van der Waals surface area contributed by atoms with Gasteiger partial charge in [-0.25, -0.2) is 9.29 Å². The van der Waals surface area contributed by atoms with Crippen LogP contribution in [0.25, 0.3) is 0 Å². The summed E-state index contributed by atoms with van der Waals surface area (Å²) < 4.78 is 14.1. The predicted octanol–water partition coefficient (Wildman–Crippen LogP) is 2.65. The maximum absolute atomic E-state index is 9.57. The smallest absolute Gasteiger partial charge is 0.277 e. The van der Waals surface area contributed by atoms with E-state index in [9.17, 15) is 5.11 Å². The summed E-state index contributed by atoms with van der Waals surface area (Å²) in [6.07, 6.45) is 1.60. The van der Waals surface area contributed by atoms with Gasteiger partial charge in [-0.1, -0.05) is 0 Å². The van der Waals surface area contributed by atoms with E-state index < -0.39 is 8.53 Å². The largest absolute Gasteiger partial charge is 0.393 e. The molecule has 0 aromatic carbocycles. The molecular weight excluding hydrogens is 289 g/mol. The first-order valence-corrected chi connectivity index (χ1v) is 8.78. The van der Waals surface area contributed by atoms with Gasteiger partial charge in [-0.05, 0) is 40.5 Å². The Bertz CT molecular complexity index is 320. The summed E-state index contributed by atoms with van der Waals surface area (Å²) in [6.45, 7) is 10.3. The lowest BCUT2D eigenvalue weighted by atomic mass is 10.1. The molecule has 0 aromatic rings. The number of hydrogen-bond donors (Lipinski definition) is 1. The molecule has 1 heterocycles. The van der Waals surface area contributed by atoms with Gasteiger partial charge in [0, 0.05) is 25.2 Å². The second kappa shape index (κ2) is 9.68. The third kappa shape index (κ3) is 6.56. The van der Waals surface area contributed by atoms with E-state index in [1.165, 1.54) is 0 Å². The second-order valence-electron chi connectivity index (χ2n) is 5.79. The molecule has 1 atom stereocenters. The van der Waals surface area contributed by atoms with Gasteiger partial charge in [0.15, 0.2) is 0 Å². The standard InChI is InChI=1S/C14H28N3O3P/c1-12(2)17(13(3)4)21(19-11-5-8-15)20-16-9-6-14(18)7-10-16/h12-14,18H,5-7,9-11H2,1-4H3.